The van der Waals surface area contributed by atoms with E-state index in [4.69, 9.17) is 4.42 Å². The normalized spacial score (nSPS) is 16.6. The third-order valence-electron chi connectivity index (χ3n) is 5.46. The Bertz CT molecular complexity index is 1320. The van der Waals surface area contributed by atoms with E-state index in [0.717, 1.165) is 23.3 Å². The number of nitrogens with zero attached hydrogens (tertiary/aromatic N) is 2. The van der Waals surface area contributed by atoms with Gasteiger partial charge in [0.2, 0.25) is 0 Å². The van der Waals surface area contributed by atoms with Gasteiger partial charge in [-0.25, -0.2) is 0 Å². The fraction of sp³-hybridized carbons (Fsp3) is 0.167. The molecule has 2 aromatic carbocycles. The van der Waals surface area contributed by atoms with Gasteiger partial charge in [0, 0.05) is 11.3 Å². The molecule has 9 heteroatoms. The van der Waals surface area contributed by atoms with Gasteiger partial charge in [-0.05, 0) is 61.4 Å². The molecule has 0 spiro atoms. The molecule has 2 heterocycles. The molecule has 168 valence electrons. The first-order valence-electron chi connectivity index (χ1n) is 9.88. The summed E-state index contributed by atoms with van der Waals surface area (Å²) >= 11 is 4.45. The van der Waals surface area contributed by atoms with E-state index in [1.54, 1.807) is 11.0 Å². The Labute approximate surface area is 193 Å². The molecule has 0 bridgehead atoms. The predicted octanol–water partition coefficient (Wildman–Crippen LogP) is 5.88. The fourth-order valence-corrected chi connectivity index (χ4v) is 3.94. The lowest BCUT2D eigenvalue weighted by Crippen LogP contribution is -2.45. The number of anilines is 1. The van der Waals surface area contributed by atoms with E-state index in [1.165, 1.54) is 18.2 Å². The summed E-state index contributed by atoms with van der Waals surface area (Å²) in [5.74, 6) is -0.136. The number of carbonyl (C=O) groups is 1. The lowest BCUT2D eigenvalue weighted by Gasteiger charge is -2.36. The van der Waals surface area contributed by atoms with Crippen molar-refractivity contribution < 1.29 is 22.4 Å². The van der Waals surface area contributed by atoms with Crippen LogP contribution < -0.4 is 10.2 Å². The highest BCUT2D eigenvalue weighted by Crippen LogP contribution is 2.39. The minimum absolute atomic E-state index is 0.145. The lowest BCUT2D eigenvalue weighted by molar-refractivity contribution is -0.137. The van der Waals surface area contributed by atoms with E-state index in [2.05, 4.69) is 17.9 Å². The monoisotopic (exact) mass is 469 g/mol. The number of halogens is 3. The summed E-state index contributed by atoms with van der Waals surface area (Å²) in [5.41, 5.74) is 2.02. The summed E-state index contributed by atoms with van der Waals surface area (Å²) in [6.45, 7) is 3.89. The Kier molecular flexibility index (Phi) is 5.72. The second-order valence-electron chi connectivity index (χ2n) is 7.61. The van der Waals surface area contributed by atoms with Gasteiger partial charge in [-0.3, -0.25) is 4.79 Å². The second kappa shape index (κ2) is 8.37. The molecule has 33 heavy (non-hydrogen) atoms. The Morgan fingerprint density at radius 2 is 1.85 bits per heavy atom. The molecule has 5 nitrogen and oxygen atoms in total. The van der Waals surface area contributed by atoms with Crippen LogP contribution in [0.25, 0.3) is 11.3 Å². The first kappa shape index (κ1) is 22.6. The number of hydrogen-bond acceptors (Lipinski definition) is 5. The highest BCUT2D eigenvalue weighted by molar-refractivity contribution is 7.84. The van der Waals surface area contributed by atoms with Crippen LogP contribution in [-0.4, -0.2) is 5.91 Å². The third-order valence-corrected chi connectivity index (χ3v) is 5.90. The number of carbonyl (C=O) groups excluding carboxylic acids is 1. The number of rotatable bonds is 3. The zero-order valence-electron chi connectivity index (χ0n) is 17.6. The van der Waals surface area contributed by atoms with Gasteiger partial charge in [-0.1, -0.05) is 18.2 Å². The average Bonchev–Trinajstić information content (AvgIpc) is 3.25. The number of benzene rings is 2. The van der Waals surface area contributed by atoms with Crippen LogP contribution in [0.15, 0.2) is 69.6 Å². The molecule has 1 N–H and O–H groups in total. The number of furan rings is 1. The van der Waals surface area contributed by atoms with Crippen molar-refractivity contribution in [2.75, 3.05) is 4.90 Å². The van der Waals surface area contributed by atoms with Gasteiger partial charge in [0.25, 0.3) is 5.91 Å². The van der Waals surface area contributed by atoms with Crippen molar-refractivity contribution in [1.29, 1.82) is 5.26 Å². The molecule has 0 aliphatic carbocycles. The van der Waals surface area contributed by atoms with Crippen molar-refractivity contribution in [2.45, 2.75) is 26.2 Å². The van der Waals surface area contributed by atoms with E-state index in [9.17, 15) is 23.2 Å². The molecule has 1 aliphatic rings. The Balaban J connectivity index is 1.78. The molecule has 1 unspecified atom stereocenters. The molecule has 0 fully saturated rings. The molecule has 1 aliphatic heterocycles. The first-order valence-corrected chi connectivity index (χ1v) is 10.3. The maximum atomic E-state index is 13.1. The van der Waals surface area contributed by atoms with E-state index >= 15 is 0 Å². The van der Waals surface area contributed by atoms with E-state index in [-0.39, 0.29) is 27.7 Å². The summed E-state index contributed by atoms with van der Waals surface area (Å²) < 4.78 is 45.2. The summed E-state index contributed by atoms with van der Waals surface area (Å²) in [6, 6.07) is 15.4. The molecule has 4 rings (SSSR count). The van der Waals surface area contributed by atoms with Crippen LogP contribution in [0.3, 0.4) is 0 Å². The molecule has 1 amide bonds. The van der Waals surface area contributed by atoms with Crippen LogP contribution >= 0.6 is 12.6 Å². The lowest BCUT2D eigenvalue weighted by atomic mass is 10.1. The fourth-order valence-electron chi connectivity index (χ4n) is 3.55. The zero-order chi connectivity index (χ0) is 23.9. The third kappa shape index (κ3) is 4.22. The van der Waals surface area contributed by atoms with Gasteiger partial charge in [0.1, 0.15) is 23.2 Å². The van der Waals surface area contributed by atoms with Gasteiger partial charge in [-0.2, -0.15) is 18.4 Å². The first-order chi connectivity index (χ1) is 15.6. The van der Waals surface area contributed by atoms with E-state index < -0.39 is 23.8 Å². The van der Waals surface area contributed by atoms with Crippen LogP contribution in [0, 0.1) is 25.2 Å². The molecule has 1 aromatic heterocycles. The van der Waals surface area contributed by atoms with E-state index in [0.29, 0.717) is 5.69 Å². The number of amides is 1. The number of hydrogen-bond donors (Lipinski definition) is 2. The smallest absolute Gasteiger partial charge is 0.416 e. The van der Waals surface area contributed by atoms with Crippen LogP contribution in [-0.2, 0) is 11.0 Å². The number of thiol groups is 1. The molecular formula is C24H18F3N3O2S. The molecule has 0 radical (unpaired) electrons. The van der Waals surface area contributed by atoms with Gasteiger partial charge >= 0.3 is 6.18 Å². The van der Waals surface area contributed by atoms with Crippen LogP contribution in [0.2, 0.25) is 0 Å². The van der Waals surface area contributed by atoms with Gasteiger partial charge in [0.05, 0.1) is 10.6 Å². The summed E-state index contributed by atoms with van der Waals surface area (Å²) in [5, 5.41) is 12.3. The Hall–Kier alpha value is -3.64. The molecule has 1 atom stereocenters. The van der Waals surface area contributed by atoms with Crippen LogP contribution in [0.5, 0.6) is 0 Å². The topological polar surface area (TPSA) is 69.3 Å². The van der Waals surface area contributed by atoms with Crippen LogP contribution in [0.4, 0.5) is 18.9 Å². The molecule has 0 saturated heterocycles. The maximum absolute atomic E-state index is 13.1. The van der Waals surface area contributed by atoms with Crippen molar-refractivity contribution in [3.8, 4) is 17.4 Å². The van der Waals surface area contributed by atoms with Crippen molar-refractivity contribution in [3.05, 3.63) is 87.7 Å². The summed E-state index contributed by atoms with van der Waals surface area (Å²) in [6.07, 6.45) is -5.34. The highest BCUT2D eigenvalue weighted by atomic mass is 32.1. The maximum Gasteiger partial charge on any atom is 0.416 e. The number of aryl methyl sites for hydroxylation is 2. The van der Waals surface area contributed by atoms with E-state index in [1.807, 2.05) is 38.1 Å². The summed E-state index contributed by atoms with van der Waals surface area (Å²) in [4.78, 5) is 14.2. The largest absolute Gasteiger partial charge is 0.457 e. The number of alkyl halides is 3. The standard InChI is InChI=1S/C24H18F3N3O2S/c1-13-6-7-17(10-14(13)2)30-21(29-22(31)18(12-28)23(30)33)20-9-8-19(32-20)15-4-3-5-16(11-15)24(25,26)27/h3-11,21,33H,1-2H3,(H,29,31). The van der Waals surface area contributed by atoms with Crippen molar-refractivity contribution >= 4 is 24.2 Å². The molecule has 3 aromatic rings. The number of nitriles is 1. The minimum Gasteiger partial charge on any atom is -0.457 e. The predicted molar refractivity (Wildman–Crippen MR) is 120 cm³/mol. The van der Waals surface area contributed by atoms with Crippen molar-refractivity contribution in [3.63, 3.8) is 0 Å². The minimum atomic E-state index is -4.48. The number of nitrogens with one attached hydrogen (secondary N) is 1. The van der Waals surface area contributed by atoms with Gasteiger partial charge in [-0.15, -0.1) is 12.6 Å². The van der Waals surface area contributed by atoms with Crippen molar-refractivity contribution in [2.24, 2.45) is 0 Å². The van der Waals surface area contributed by atoms with Gasteiger partial charge < -0.3 is 14.6 Å². The highest BCUT2D eigenvalue weighted by Gasteiger charge is 2.36. The van der Waals surface area contributed by atoms with Gasteiger partial charge in [0.15, 0.2) is 6.17 Å². The molecular weight excluding hydrogens is 451 g/mol. The second-order valence-corrected chi connectivity index (χ2v) is 8.03. The Morgan fingerprint density at radius 1 is 1.09 bits per heavy atom. The quantitative estimate of drug-likeness (QED) is 0.470. The molecule has 0 saturated carbocycles. The average molecular weight is 469 g/mol. The summed E-state index contributed by atoms with van der Waals surface area (Å²) in [7, 11) is 0. The van der Waals surface area contributed by atoms with Crippen LogP contribution in [0.1, 0.15) is 28.6 Å². The zero-order valence-corrected chi connectivity index (χ0v) is 18.5. The van der Waals surface area contributed by atoms with Crippen molar-refractivity contribution in [1.82, 2.24) is 5.32 Å². The SMILES string of the molecule is Cc1ccc(N2C(S)=C(C#N)C(=O)NC2c2ccc(-c3cccc(C(F)(F)F)c3)o2)cc1C. The Morgan fingerprint density at radius 3 is 2.52 bits per heavy atom.